The van der Waals surface area contributed by atoms with Crippen molar-refractivity contribution in [2.45, 2.75) is 57.5 Å². The van der Waals surface area contributed by atoms with Gasteiger partial charge >= 0.3 is 0 Å². The summed E-state index contributed by atoms with van der Waals surface area (Å²) in [5.41, 5.74) is 0. The molecule has 6 nitrogen and oxygen atoms in total. The van der Waals surface area contributed by atoms with Gasteiger partial charge in [-0.3, -0.25) is 14.5 Å². The van der Waals surface area contributed by atoms with Crippen LogP contribution in [0, 0.1) is 5.92 Å². The maximum Gasteiger partial charge on any atom is 0.244 e. The zero-order chi connectivity index (χ0) is 16.9. The van der Waals surface area contributed by atoms with Crippen molar-refractivity contribution in [2.75, 3.05) is 39.3 Å². The van der Waals surface area contributed by atoms with E-state index in [0.29, 0.717) is 6.04 Å². The maximum atomic E-state index is 12.7. The summed E-state index contributed by atoms with van der Waals surface area (Å²) in [6.07, 6.45) is 6.51. The first-order valence-corrected chi connectivity index (χ1v) is 9.69. The molecule has 0 radical (unpaired) electrons. The molecule has 2 saturated heterocycles. The Morgan fingerprint density at radius 2 is 1.72 bits per heavy atom. The molecule has 7 heteroatoms. The van der Waals surface area contributed by atoms with Gasteiger partial charge in [-0.25, -0.2) is 0 Å². The molecule has 3 aliphatic rings. The third kappa shape index (κ3) is 5.31. The van der Waals surface area contributed by atoms with Crippen LogP contribution in [0.15, 0.2) is 0 Å². The first-order valence-electron chi connectivity index (χ1n) is 9.69. The summed E-state index contributed by atoms with van der Waals surface area (Å²) in [5.74, 6) is 0.270. The third-order valence-corrected chi connectivity index (χ3v) is 5.85. The fourth-order valence-corrected chi connectivity index (χ4v) is 4.32. The molecule has 0 aromatic carbocycles. The van der Waals surface area contributed by atoms with Crippen LogP contribution in [0.4, 0.5) is 0 Å². The number of likely N-dealkylation sites (tertiary alicyclic amines) is 1. The van der Waals surface area contributed by atoms with Crippen LogP contribution in [0.25, 0.3) is 0 Å². The smallest absolute Gasteiger partial charge is 0.244 e. The van der Waals surface area contributed by atoms with Crippen molar-refractivity contribution in [3.05, 3.63) is 0 Å². The monoisotopic (exact) mass is 372 g/mol. The number of carbonyl (C=O) groups excluding carboxylic acids is 2. The highest BCUT2D eigenvalue weighted by atomic mass is 35.5. The number of hydrogen-bond donors (Lipinski definition) is 2. The molecule has 0 aromatic heterocycles. The Morgan fingerprint density at radius 3 is 2.40 bits per heavy atom. The molecule has 1 aliphatic carbocycles. The van der Waals surface area contributed by atoms with Crippen LogP contribution in [0.1, 0.15) is 45.4 Å². The SMILES string of the molecule is C[C@H](NC(=O)C1CCCCC1)C(=O)N1CCC(N2CCNCC2)C1.Cl. The molecular weight excluding hydrogens is 340 g/mol. The van der Waals surface area contributed by atoms with Crippen molar-refractivity contribution in [3.63, 3.8) is 0 Å². The molecule has 144 valence electrons. The second-order valence-electron chi connectivity index (χ2n) is 7.58. The van der Waals surface area contributed by atoms with Gasteiger partial charge in [-0.05, 0) is 26.2 Å². The molecule has 3 fully saturated rings. The van der Waals surface area contributed by atoms with Gasteiger partial charge in [0, 0.05) is 51.2 Å². The molecule has 0 aromatic rings. The number of piperazine rings is 1. The first kappa shape index (κ1) is 20.5. The van der Waals surface area contributed by atoms with E-state index < -0.39 is 6.04 Å². The lowest BCUT2D eigenvalue weighted by atomic mass is 9.88. The lowest BCUT2D eigenvalue weighted by Crippen LogP contribution is -2.51. The Bertz CT molecular complexity index is 450. The molecule has 2 atom stereocenters. The predicted molar refractivity (Wildman–Crippen MR) is 101 cm³/mol. The minimum Gasteiger partial charge on any atom is -0.344 e. The van der Waals surface area contributed by atoms with Crippen molar-refractivity contribution in [2.24, 2.45) is 5.92 Å². The van der Waals surface area contributed by atoms with E-state index >= 15 is 0 Å². The van der Waals surface area contributed by atoms with Crippen LogP contribution in [0.5, 0.6) is 0 Å². The molecular formula is C18H33ClN4O2. The Morgan fingerprint density at radius 1 is 1.04 bits per heavy atom. The Kier molecular flexibility index (Phi) is 7.97. The standard InChI is InChI=1S/C18H32N4O2.ClH/c1-14(20-17(23)15-5-3-2-4-6-15)18(24)22-10-7-16(13-22)21-11-8-19-9-12-21;/h14-16,19H,2-13H2,1H3,(H,20,23);1H/t14-,16?;/m0./s1. The Balaban J connectivity index is 0.00000225. The fourth-order valence-electron chi connectivity index (χ4n) is 4.32. The van der Waals surface area contributed by atoms with Crippen molar-refractivity contribution < 1.29 is 9.59 Å². The predicted octanol–water partition coefficient (Wildman–Crippen LogP) is 0.999. The summed E-state index contributed by atoms with van der Waals surface area (Å²) in [5, 5.41) is 6.34. The van der Waals surface area contributed by atoms with Gasteiger partial charge in [0.2, 0.25) is 11.8 Å². The summed E-state index contributed by atoms with van der Waals surface area (Å²) in [6.45, 7) is 7.68. The average Bonchev–Trinajstić information content (AvgIpc) is 3.12. The van der Waals surface area contributed by atoms with E-state index in [4.69, 9.17) is 0 Å². The van der Waals surface area contributed by atoms with E-state index in [1.807, 2.05) is 11.8 Å². The van der Waals surface area contributed by atoms with Gasteiger partial charge in [0.1, 0.15) is 6.04 Å². The van der Waals surface area contributed by atoms with Crippen LogP contribution in [-0.4, -0.2) is 73.0 Å². The molecule has 2 heterocycles. The first-order chi connectivity index (χ1) is 11.6. The number of nitrogens with one attached hydrogen (secondary N) is 2. The van der Waals surface area contributed by atoms with E-state index in [0.717, 1.165) is 71.4 Å². The quantitative estimate of drug-likeness (QED) is 0.772. The van der Waals surface area contributed by atoms with Gasteiger partial charge in [-0.1, -0.05) is 19.3 Å². The second-order valence-corrected chi connectivity index (χ2v) is 7.58. The van der Waals surface area contributed by atoms with Gasteiger partial charge in [0.05, 0.1) is 0 Å². The lowest BCUT2D eigenvalue weighted by molar-refractivity contribution is -0.136. The molecule has 2 aliphatic heterocycles. The van der Waals surface area contributed by atoms with Gasteiger partial charge < -0.3 is 15.5 Å². The molecule has 0 bridgehead atoms. The summed E-state index contributed by atoms with van der Waals surface area (Å²) < 4.78 is 0. The van der Waals surface area contributed by atoms with Gasteiger partial charge in [0.15, 0.2) is 0 Å². The summed E-state index contributed by atoms with van der Waals surface area (Å²) in [6, 6.07) is 0.0819. The molecule has 1 saturated carbocycles. The third-order valence-electron chi connectivity index (χ3n) is 5.85. The summed E-state index contributed by atoms with van der Waals surface area (Å²) >= 11 is 0. The number of rotatable bonds is 4. The van der Waals surface area contributed by atoms with Crippen LogP contribution >= 0.6 is 12.4 Å². The highest BCUT2D eigenvalue weighted by Crippen LogP contribution is 2.24. The zero-order valence-electron chi connectivity index (χ0n) is 15.3. The Hall–Kier alpha value is -0.850. The van der Waals surface area contributed by atoms with Crippen molar-refractivity contribution in [1.82, 2.24) is 20.4 Å². The summed E-state index contributed by atoms with van der Waals surface area (Å²) in [4.78, 5) is 29.5. The van der Waals surface area contributed by atoms with E-state index in [9.17, 15) is 9.59 Å². The second kappa shape index (κ2) is 9.74. The van der Waals surface area contributed by atoms with E-state index in [1.165, 1.54) is 6.42 Å². The average molecular weight is 373 g/mol. The van der Waals surface area contributed by atoms with Crippen LogP contribution in [-0.2, 0) is 9.59 Å². The molecule has 2 N–H and O–H groups in total. The molecule has 0 spiro atoms. The van der Waals surface area contributed by atoms with Gasteiger partial charge in [0.25, 0.3) is 0 Å². The van der Waals surface area contributed by atoms with E-state index in [-0.39, 0.29) is 30.1 Å². The minimum absolute atomic E-state index is 0. The molecule has 2 amide bonds. The maximum absolute atomic E-state index is 12.7. The van der Waals surface area contributed by atoms with Crippen molar-refractivity contribution in [3.8, 4) is 0 Å². The van der Waals surface area contributed by atoms with Gasteiger partial charge in [-0.15, -0.1) is 12.4 Å². The Labute approximate surface area is 157 Å². The van der Waals surface area contributed by atoms with Crippen molar-refractivity contribution in [1.29, 1.82) is 0 Å². The largest absolute Gasteiger partial charge is 0.344 e. The molecule has 1 unspecified atom stereocenters. The van der Waals surface area contributed by atoms with Crippen LogP contribution in [0.3, 0.4) is 0 Å². The normalized spacial score (nSPS) is 26.8. The molecule has 3 rings (SSSR count). The zero-order valence-corrected chi connectivity index (χ0v) is 16.2. The summed E-state index contributed by atoms with van der Waals surface area (Å²) in [7, 11) is 0. The van der Waals surface area contributed by atoms with Gasteiger partial charge in [-0.2, -0.15) is 0 Å². The number of halogens is 1. The number of carbonyl (C=O) groups is 2. The number of nitrogens with zero attached hydrogens (tertiary/aromatic N) is 2. The highest BCUT2D eigenvalue weighted by molar-refractivity contribution is 5.88. The number of amides is 2. The fraction of sp³-hybridized carbons (Fsp3) is 0.889. The topological polar surface area (TPSA) is 64.7 Å². The lowest BCUT2D eigenvalue weighted by Gasteiger charge is -2.32. The molecule has 25 heavy (non-hydrogen) atoms. The van der Waals surface area contributed by atoms with Crippen LogP contribution in [0.2, 0.25) is 0 Å². The van der Waals surface area contributed by atoms with E-state index in [2.05, 4.69) is 15.5 Å². The van der Waals surface area contributed by atoms with Crippen molar-refractivity contribution >= 4 is 24.2 Å². The highest BCUT2D eigenvalue weighted by Gasteiger charge is 2.33. The van der Waals surface area contributed by atoms with E-state index in [1.54, 1.807) is 0 Å². The van der Waals surface area contributed by atoms with Crippen LogP contribution < -0.4 is 10.6 Å². The number of hydrogen-bond acceptors (Lipinski definition) is 4. The minimum atomic E-state index is -0.402.